The monoisotopic (exact) mass is 394 g/mol. The molecule has 1 heterocycles. The molecule has 0 unspecified atom stereocenters. The fraction of sp³-hybridized carbons (Fsp3) is 0.857. The van der Waals surface area contributed by atoms with Gasteiger partial charge in [-0.05, 0) is 58.8 Å². The first-order valence-corrected chi connectivity index (χ1v) is 10.9. The number of hydrogen-bond acceptors (Lipinski definition) is 5. The van der Waals surface area contributed by atoms with Crippen LogP contribution in [0.2, 0.25) is 0 Å². The van der Waals surface area contributed by atoms with Gasteiger partial charge in [0.1, 0.15) is 5.78 Å². The Balaban J connectivity index is 2.03. The van der Waals surface area contributed by atoms with Gasteiger partial charge in [-0.1, -0.05) is 13.8 Å². The maximum absolute atomic E-state index is 13.3. The number of ketones is 1. The molecule has 0 spiro atoms. The summed E-state index contributed by atoms with van der Waals surface area (Å²) in [5.41, 5.74) is 0. The molecule has 1 saturated heterocycles. The Labute approximate surface area is 169 Å². The zero-order valence-electron chi connectivity index (χ0n) is 18.1. The Morgan fingerprint density at radius 3 is 2.54 bits per heavy atom. The number of hydrogen-bond donors (Lipinski definition) is 1. The molecule has 0 aromatic rings. The molecule has 160 valence electrons. The number of likely N-dealkylation sites (tertiary alicyclic amines) is 1. The van der Waals surface area contributed by atoms with E-state index in [2.05, 4.69) is 29.0 Å². The van der Waals surface area contributed by atoms with E-state index in [0.29, 0.717) is 50.7 Å². The third kappa shape index (κ3) is 5.77. The Bertz CT molecular complexity index is 550. The van der Waals surface area contributed by atoms with E-state index in [1.54, 1.807) is 0 Å². The molecule has 0 aromatic carbocycles. The number of carbonyl (C=O) groups excluding carboxylic acids is 3. The Hall–Kier alpha value is -1.47. The summed E-state index contributed by atoms with van der Waals surface area (Å²) >= 11 is 0. The maximum atomic E-state index is 13.3. The lowest BCUT2D eigenvalue weighted by molar-refractivity contribution is -0.138. The number of nitrogens with zero attached hydrogens (tertiary/aromatic N) is 3. The first kappa shape index (κ1) is 22.8. The zero-order chi connectivity index (χ0) is 20.7. The summed E-state index contributed by atoms with van der Waals surface area (Å²) < 4.78 is 0. The standard InChI is InChI=1S/C21H38N4O3/c1-5-22-21(28)25(12-8-11-24(6-2)7-3)20(27)17-13-16-14-18(26)9-10-19(16)23(4)15-17/h16-17,19H,5-15H2,1-4H3,(H,22,28)/t16-,17-,19-/m1/s1. The van der Waals surface area contributed by atoms with Crippen molar-refractivity contribution in [2.75, 3.05) is 46.3 Å². The number of imide groups is 1. The molecule has 7 nitrogen and oxygen atoms in total. The van der Waals surface area contributed by atoms with Gasteiger partial charge in [-0.15, -0.1) is 0 Å². The summed E-state index contributed by atoms with van der Waals surface area (Å²) in [5.74, 6) is 0.241. The van der Waals surface area contributed by atoms with Gasteiger partial charge in [0.2, 0.25) is 5.91 Å². The van der Waals surface area contributed by atoms with Gasteiger partial charge in [0.15, 0.2) is 0 Å². The number of urea groups is 1. The number of piperidine rings is 1. The lowest BCUT2D eigenvalue weighted by Crippen LogP contribution is -2.55. The van der Waals surface area contributed by atoms with Gasteiger partial charge in [-0.2, -0.15) is 0 Å². The largest absolute Gasteiger partial charge is 0.338 e. The molecule has 3 atom stereocenters. The zero-order valence-corrected chi connectivity index (χ0v) is 18.1. The first-order valence-electron chi connectivity index (χ1n) is 10.9. The molecule has 28 heavy (non-hydrogen) atoms. The molecule has 0 radical (unpaired) electrons. The number of Topliss-reactive ketones (excluding diaryl/α,β-unsaturated/α-hetero) is 1. The van der Waals surface area contributed by atoms with Crippen LogP contribution in [0.5, 0.6) is 0 Å². The van der Waals surface area contributed by atoms with Crippen molar-refractivity contribution in [1.82, 2.24) is 20.0 Å². The molecule has 2 aliphatic rings. The van der Waals surface area contributed by atoms with Gasteiger partial charge < -0.3 is 15.1 Å². The molecule has 3 amide bonds. The quantitative estimate of drug-likeness (QED) is 0.681. The van der Waals surface area contributed by atoms with Crippen molar-refractivity contribution >= 4 is 17.7 Å². The molecule has 1 saturated carbocycles. The molecule has 1 aliphatic heterocycles. The number of carbonyl (C=O) groups is 3. The van der Waals surface area contributed by atoms with Crippen molar-refractivity contribution in [3.8, 4) is 0 Å². The minimum Gasteiger partial charge on any atom is -0.338 e. The fourth-order valence-electron chi connectivity index (χ4n) is 4.77. The third-order valence-corrected chi connectivity index (χ3v) is 6.35. The first-order chi connectivity index (χ1) is 13.4. The van der Waals surface area contributed by atoms with Gasteiger partial charge in [-0.3, -0.25) is 14.5 Å². The minimum atomic E-state index is -0.295. The van der Waals surface area contributed by atoms with Crippen LogP contribution in [0.25, 0.3) is 0 Å². The van der Waals surface area contributed by atoms with Crippen molar-refractivity contribution in [1.29, 1.82) is 0 Å². The number of nitrogens with one attached hydrogen (secondary N) is 1. The summed E-state index contributed by atoms with van der Waals surface area (Å²) in [6, 6.07) is 0.0962. The van der Waals surface area contributed by atoms with Gasteiger partial charge in [0.05, 0.1) is 5.92 Å². The van der Waals surface area contributed by atoms with Crippen LogP contribution in [0, 0.1) is 11.8 Å². The highest BCUT2D eigenvalue weighted by atomic mass is 16.2. The molecular weight excluding hydrogens is 356 g/mol. The van der Waals surface area contributed by atoms with E-state index in [4.69, 9.17) is 0 Å². The Kier molecular flexibility index (Phi) is 8.89. The van der Waals surface area contributed by atoms with E-state index in [0.717, 1.165) is 32.5 Å². The lowest BCUT2D eigenvalue weighted by atomic mass is 9.74. The van der Waals surface area contributed by atoms with Crippen molar-refractivity contribution in [3.63, 3.8) is 0 Å². The van der Waals surface area contributed by atoms with Crippen LogP contribution in [0.1, 0.15) is 52.9 Å². The smallest absolute Gasteiger partial charge is 0.324 e. The highest BCUT2D eigenvalue weighted by molar-refractivity contribution is 5.95. The van der Waals surface area contributed by atoms with Crippen LogP contribution in [-0.2, 0) is 9.59 Å². The predicted octanol–water partition coefficient (Wildman–Crippen LogP) is 1.97. The highest BCUT2D eigenvalue weighted by Crippen LogP contribution is 2.36. The Morgan fingerprint density at radius 1 is 1.18 bits per heavy atom. The van der Waals surface area contributed by atoms with Crippen LogP contribution in [0.3, 0.4) is 0 Å². The van der Waals surface area contributed by atoms with E-state index in [1.165, 1.54) is 4.90 Å². The van der Waals surface area contributed by atoms with E-state index >= 15 is 0 Å². The normalized spacial score (nSPS) is 25.5. The second-order valence-corrected chi connectivity index (χ2v) is 8.19. The molecule has 2 rings (SSSR count). The third-order valence-electron chi connectivity index (χ3n) is 6.35. The van der Waals surface area contributed by atoms with Crippen LogP contribution in [0.4, 0.5) is 4.79 Å². The van der Waals surface area contributed by atoms with Gasteiger partial charge in [0.25, 0.3) is 0 Å². The molecular formula is C21H38N4O3. The van der Waals surface area contributed by atoms with Crippen molar-refractivity contribution in [2.24, 2.45) is 11.8 Å². The maximum Gasteiger partial charge on any atom is 0.324 e. The van der Waals surface area contributed by atoms with Crippen LogP contribution < -0.4 is 5.32 Å². The molecule has 7 heteroatoms. The van der Waals surface area contributed by atoms with Crippen LogP contribution in [-0.4, -0.2) is 84.8 Å². The number of amides is 3. The molecule has 1 aliphatic carbocycles. The summed E-state index contributed by atoms with van der Waals surface area (Å²) in [6.07, 6.45) is 3.61. The van der Waals surface area contributed by atoms with Crippen LogP contribution in [0.15, 0.2) is 0 Å². The average molecular weight is 395 g/mol. The number of fused-ring (bicyclic) bond motifs is 1. The second-order valence-electron chi connectivity index (χ2n) is 8.19. The topological polar surface area (TPSA) is 73.0 Å². The SMILES string of the molecule is CCNC(=O)N(CCCN(CC)CC)C(=O)[C@@H]1C[C@@H]2CC(=O)CC[C@H]2N(C)C1. The fourth-order valence-corrected chi connectivity index (χ4v) is 4.77. The van der Waals surface area contributed by atoms with Crippen LogP contribution >= 0.6 is 0 Å². The van der Waals surface area contributed by atoms with Crippen molar-refractivity contribution in [3.05, 3.63) is 0 Å². The summed E-state index contributed by atoms with van der Waals surface area (Å²) in [7, 11) is 2.05. The average Bonchev–Trinajstić information content (AvgIpc) is 2.67. The highest BCUT2D eigenvalue weighted by Gasteiger charge is 2.42. The molecule has 0 aromatic heterocycles. The summed E-state index contributed by atoms with van der Waals surface area (Å²) in [6.45, 7) is 10.5. The van der Waals surface area contributed by atoms with Gasteiger partial charge in [0, 0.05) is 38.5 Å². The van der Waals surface area contributed by atoms with E-state index < -0.39 is 0 Å². The summed E-state index contributed by atoms with van der Waals surface area (Å²) in [5, 5.41) is 2.79. The van der Waals surface area contributed by atoms with Crippen molar-refractivity contribution in [2.45, 2.75) is 58.9 Å². The molecule has 0 bridgehead atoms. The predicted molar refractivity (Wildman–Crippen MR) is 110 cm³/mol. The van der Waals surface area contributed by atoms with E-state index in [-0.39, 0.29) is 23.8 Å². The molecule has 2 fully saturated rings. The lowest BCUT2D eigenvalue weighted by Gasteiger charge is -2.45. The van der Waals surface area contributed by atoms with Crippen molar-refractivity contribution < 1.29 is 14.4 Å². The minimum absolute atomic E-state index is 0.0891. The van der Waals surface area contributed by atoms with E-state index in [9.17, 15) is 14.4 Å². The van der Waals surface area contributed by atoms with Gasteiger partial charge >= 0.3 is 6.03 Å². The summed E-state index contributed by atoms with van der Waals surface area (Å²) in [4.78, 5) is 43.7. The second kappa shape index (κ2) is 10.9. The molecule has 1 N–H and O–H groups in total. The van der Waals surface area contributed by atoms with Gasteiger partial charge in [-0.25, -0.2) is 4.79 Å². The number of rotatable bonds is 8. The van der Waals surface area contributed by atoms with E-state index in [1.807, 2.05) is 14.0 Å². The Morgan fingerprint density at radius 2 is 1.89 bits per heavy atom.